The van der Waals surface area contributed by atoms with E-state index >= 15 is 0 Å². The van der Waals surface area contributed by atoms with E-state index in [9.17, 15) is 22.8 Å². The molecule has 0 unspecified atom stereocenters. The van der Waals surface area contributed by atoms with Crippen molar-refractivity contribution in [1.29, 1.82) is 0 Å². The Bertz CT molecular complexity index is 1350. The minimum Gasteiger partial charge on any atom is -0.325 e. The van der Waals surface area contributed by atoms with Gasteiger partial charge in [-0.1, -0.05) is 29.4 Å². The number of anilines is 1. The Morgan fingerprint density at radius 1 is 1.19 bits per heavy atom. The quantitative estimate of drug-likeness (QED) is 0.324. The summed E-state index contributed by atoms with van der Waals surface area (Å²) in [7, 11) is 0. The molecule has 0 spiro atoms. The number of nitrogens with zero attached hydrogens (tertiary/aromatic N) is 3. The number of aromatic nitrogens is 4. The molecule has 2 aromatic heterocycles. The van der Waals surface area contributed by atoms with Crippen molar-refractivity contribution in [2.45, 2.75) is 11.3 Å². The molecule has 0 fully saturated rings. The first kappa shape index (κ1) is 21.9. The number of carbonyl (C=O) groups excluding carboxylic acids is 1. The second kappa shape index (κ2) is 8.67. The number of rotatable bonds is 5. The SMILES string of the molecule is O=C(CSc1nc2c(cnn2-c2ccc(Cl)cc2)c(=O)[nH]1)Nc1cccc(C(F)(F)F)c1. The number of nitrogens with one attached hydrogen (secondary N) is 2. The van der Waals surface area contributed by atoms with Crippen LogP contribution in [-0.2, 0) is 11.0 Å². The van der Waals surface area contributed by atoms with Gasteiger partial charge in [0, 0.05) is 10.7 Å². The van der Waals surface area contributed by atoms with Gasteiger partial charge in [-0.3, -0.25) is 9.59 Å². The van der Waals surface area contributed by atoms with Crippen LogP contribution in [0.5, 0.6) is 0 Å². The van der Waals surface area contributed by atoms with Crippen LogP contribution in [0.25, 0.3) is 16.7 Å². The number of fused-ring (bicyclic) bond motifs is 1. The highest BCUT2D eigenvalue weighted by molar-refractivity contribution is 7.99. The summed E-state index contributed by atoms with van der Waals surface area (Å²) in [4.78, 5) is 31.5. The van der Waals surface area contributed by atoms with Crippen LogP contribution < -0.4 is 10.9 Å². The third-order valence-electron chi connectivity index (χ3n) is 4.30. The lowest BCUT2D eigenvalue weighted by Crippen LogP contribution is -2.16. The van der Waals surface area contributed by atoms with Crippen LogP contribution >= 0.6 is 23.4 Å². The first-order valence-electron chi connectivity index (χ1n) is 9.04. The molecule has 7 nitrogen and oxygen atoms in total. The molecule has 0 aliphatic carbocycles. The van der Waals surface area contributed by atoms with Gasteiger partial charge in [0.15, 0.2) is 10.8 Å². The van der Waals surface area contributed by atoms with Gasteiger partial charge in [-0.2, -0.15) is 18.3 Å². The molecule has 2 aromatic carbocycles. The summed E-state index contributed by atoms with van der Waals surface area (Å²) in [6, 6.07) is 11.1. The zero-order chi connectivity index (χ0) is 22.9. The van der Waals surface area contributed by atoms with E-state index < -0.39 is 23.2 Å². The molecular formula is C20H13ClF3N5O2S. The topological polar surface area (TPSA) is 92.7 Å². The summed E-state index contributed by atoms with van der Waals surface area (Å²) in [5, 5.41) is 7.56. The standard InChI is InChI=1S/C20H13ClF3N5O2S/c21-12-4-6-14(7-5-12)29-17-15(9-25-29)18(31)28-19(27-17)32-10-16(30)26-13-3-1-2-11(8-13)20(22,23)24/h1-9H,10H2,(H,26,30)(H,27,28,31). The van der Waals surface area contributed by atoms with Gasteiger partial charge in [0.05, 0.1) is 23.2 Å². The lowest BCUT2D eigenvalue weighted by molar-refractivity contribution is -0.137. The second-order valence-corrected chi connectivity index (χ2v) is 7.96. The van der Waals surface area contributed by atoms with E-state index in [1.54, 1.807) is 24.3 Å². The number of H-pyrrole nitrogens is 1. The molecule has 2 heterocycles. The Kier molecular flexibility index (Phi) is 5.94. The lowest BCUT2D eigenvalue weighted by Gasteiger charge is -2.09. The predicted molar refractivity (Wildman–Crippen MR) is 115 cm³/mol. The number of aromatic amines is 1. The lowest BCUT2D eigenvalue weighted by atomic mass is 10.2. The van der Waals surface area contributed by atoms with Crippen LogP contribution in [0.4, 0.5) is 18.9 Å². The van der Waals surface area contributed by atoms with E-state index in [-0.39, 0.29) is 27.6 Å². The van der Waals surface area contributed by atoms with Crippen molar-refractivity contribution in [3.8, 4) is 5.69 Å². The molecule has 32 heavy (non-hydrogen) atoms. The Morgan fingerprint density at radius 2 is 1.94 bits per heavy atom. The molecule has 4 rings (SSSR count). The molecule has 0 aliphatic rings. The van der Waals surface area contributed by atoms with Crippen LogP contribution in [-0.4, -0.2) is 31.4 Å². The van der Waals surface area contributed by atoms with Crippen LogP contribution in [0.1, 0.15) is 5.56 Å². The minimum atomic E-state index is -4.51. The Hall–Kier alpha value is -3.31. The highest BCUT2D eigenvalue weighted by atomic mass is 35.5. The van der Waals surface area contributed by atoms with Gasteiger partial charge in [0.1, 0.15) is 5.39 Å². The summed E-state index contributed by atoms with van der Waals surface area (Å²) in [6.07, 6.45) is -3.13. The molecular weight excluding hydrogens is 467 g/mol. The number of carbonyl (C=O) groups is 1. The van der Waals surface area contributed by atoms with Crippen molar-refractivity contribution in [1.82, 2.24) is 19.7 Å². The third-order valence-corrected chi connectivity index (χ3v) is 5.43. The Morgan fingerprint density at radius 3 is 2.66 bits per heavy atom. The van der Waals surface area contributed by atoms with Crippen molar-refractivity contribution >= 4 is 46.0 Å². The smallest absolute Gasteiger partial charge is 0.325 e. The highest BCUT2D eigenvalue weighted by Crippen LogP contribution is 2.30. The molecule has 12 heteroatoms. The number of benzene rings is 2. The number of hydrogen-bond acceptors (Lipinski definition) is 5. The van der Waals surface area contributed by atoms with E-state index in [4.69, 9.17) is 11.6 Å². The maximum absolute atomic E-state index is 12.8. The van der Waals surface area contributed by atoms with E-state index in [2.05, 4.69) is 20.4 Å². The normalized spacial score (nSPS) is 11.6. The van der Waals surface area contributed by atoms with Crippen molar-refractivity contribution in [3.05, 3.63) is 75.7 Å². The summed E-state index contributed by atoms with van der Waals surface area (Å²) >= 11 is 6.84. The van der Waals surface area contributed by atoms with E-state index in [0.717, 1.165) is 23.9 Å². The second-order valence-electron chi connectivity index (χ2n) is 6.56. The molecule has 0 saturated heterocycles. The summed E-state index contributed by atoms with van der Waals surface area (Å²) in [5.41, 5.74) is -0.355. The van der Waals surface area contributed by atoms with Crippen LogP contribution in [0, 0.1) is 0 Å². The van der Waals surface area contributed by atoms with E-state index in [0.29, 0.717) is 10.7 Å². The molecule has 0 atom stereocenters. The van der Waals surface area contributed by atoms with E-state index in [1.807, 2.05) is 0 Å². The van der Waals surface area contributed by atoms with Gasteiger partial charge in [-0.25, -0.2) is 9.67 Å². The third kappa shape index (κ3) is 4.78. The van der Waals surface area contributed by atoms with Crippen molar-refractivity contribution in [2.75, 3.05) is 11.1 Å². The fraction of sp³-hybridized carbons (Fsp3) is 0.100. The number of alkyl halides is 3. The number of thioether (sulfide) groups is 1. The van der Waals surface area contributed by atoms with Gasteiger partial charge < -0.3 is 10.3 Å². The fourth-order valence-electron chi connectivity index (χ4n) is 2.84. The van der Waals surface area contributed by atoms with E-state index in [1.165, 1.54) is 23.0 Å². The Balaban J connectivity index is 1.51. The molecule has 0 bridgehead atoms. The van der Waals surface area contributed by atoms with Crippen molar-refractivity contribution in [2.24, 2.45) is 0 Å². The van der Waals surface area contributed by atoms with Gasteiger partial charge in [0.25, 0.3) is 5.56 Å². The number of hydrogen-bond donors (Lipinski definition) is 2. The summed E-state index contributed by atoms with van der Waals surface area (Å²) < 4.78 is 39.9. The highest BCUT2D eigenvalue weighted by Gasteiger charge is 2.30. The monoisotopic (exact) mass is 479 g/mol. The zero-order valence-corrected chi connectivity index (χ0v) is 17.6. The molecule has 0 radical (unpaired) electrons. The average Bonchev–Trinajstić information content (AvgIpc) is 3.17. The molecule has 164 valence electrons. The fourth-order valence-corrected chi connectivity index (χ4v) is 3.62. The molecule has 4 aromatic rings. The van der Waals surface area contributed by atoms with Crippen molar-refractivity contribution in [3.63, 3.8) is 0 Å². The summed E-state index contributed by atoms with van der Waals surface area (Å²) in [6.45, 7) is 0. The first-order valence-corrected chi connectivity index (χ1v) is 10.4. The molecule has 2 N–H and O–H groups in total. The maximum Gasteiger partial charge on any atom is 0.416 e. The number of halogens is 4. The first-order chi connectivity index (χ1) is 15.2. The molecule has 0 aliphatic heterocycles. The predicted octanol–water partition coefficient (Wildman–Crippen LogP) is 4.51. The van der Waals surface area contributed by atoms with Crippen LogP contribution in [0.2, 0.25) is 5.02 Å². The van der Waals surface area contributed by atoms with Gasteiger partial charge in [0.2, 0.25) is 5.91 Å². The Labute approximate surface area is 187 Å². The maximum atomic E-state index is 12.8. The zero-order valence-electron chi connectivity index (χ0n) is 16.0. The largest absolute Gasteiger partial charge is 0.416 e. The summed E-state index contributed by atoms with van der Waals surface area (Å²) in [5.74, 6) is -0.733. The van der Waals surface area contributed by atoms with Gasteiger partial charge in [-0.15, -0.1) is 0 Å². The number of amides is 1. The van der Waals surface area contributed by atoms with Crippen LogP contribution in [0.3, 0.4) is 0 Å². The van der Waals surface area contributed by atoms with Gasteiger partial charge >= 0.3 is 6.18 Å². The average molecular weight is 480 g/mol. The van der Waals surface area contributed by atoms with Crippen LogP contribution in [0.15, 0.2) is 64.7 Å². The molecule has 0 saturated carbocycles. The minimum absolute atomic E-state index is 0.0168. The molecule has 1 amide bonds. The van der Waals surface area contributed by atoms with Gasteiger partial charge in [-0.05, 0) is 42.5 Å². The van der Waals surface area contributed by atoms with Crippen molar-refractivity contribution < 1.29 is 18.0 Å².